The molecule has 9 atom stereocenters. The molecular weight excluding hydrogens is 520 g/mol. The number of ether oxygens (including phenoxy) is 5. The van der Waals surface area contributed by atoms with Crippen molar-refractivity contribution in [3.63, 3.8) is 0 Å². The van der Waals surface area contributed by atoms with Crippen molar-refractivity contribution in [2.75, 3.05) is 13.7 Å². The van der Waals surface area contributed by atoms with Gasteiger partial charge in [0, 0.05) is 11.5 Å². The molecule has 0 aromatic heterocycles. The number of hydrogen-bond acceptors (Lipinski definition) is 13. The van der Waals surface area contributed by atoms with Crippen LogP contribution >= 0.6 is 0 Å². The van der Waals surface area contributed by atoms with E-state index in [0.29, 0.717) is 0 Å². The van der Waals surface area contributed by atoms with Gasteiger partial charge in [-0.05, 0) is 36.4 Å². The van der Waals surface area contributed by atoms with Crippen LogP contribution in [-0.4, -0.2) is 99.6 Å². The quantitative estimate of drug-likeness (QED) is 0.124. The summed E-state index contributed by atoms with van der Waals surface area (Å²) in [5.41, 5.74) is -1.75. The second kappa shape index (κ2) is 10.2. The Labute approximate surface area is 221 Å². The van der Waals surface area contributed by atoms with E-state index in [2.05, 4.69) is 0 Å². The summed E-state index contributed by atoms with van der Waals surface area (Å²) < 4.78 is 27.5. The summed E-state index contributed by atoms with van der Waals surface area (Å²) in [4.78, 5) is 38.5. The van der Waals surface area contributed by atoms with Crippen molar-refractivity contribution in [2.45, 2.75) is 42.6 Å². The van der Waals surface area contributed by atoms with Crippen molar-refractivity contribution in [1.82, 2.24) is 0 Å². The Morgan fingerprint density at radius 2 is 1.77 bits per heavy atom. The molecule has 3 heterocycles. The van der Waals surface area contributed by atoms with E-state index in [-0.39, 0.29) is 22.5 Å². The number of hydrogen-bond donors (Lipinski definition) is 5. The van der Waals surface area contributed by atoms with Crippen molar-refractivity contribution < 1.29 is 63.6 Å². The predicted octanol–water partition coefficient (Wildman–Crippen LogP) is -1.17. The van der Waals surface area contributed by atoms with E-state index >= 15 is 0 Å². The van der Waals surface area contributed by atoms with Crippen molar-refractivity contribution in [3.05, 3.63) is 65.5 Å². The Morgan fingerprint density at radius 1 is 1.05 bits per heavy atom. The number of aliphatic hydroxyl groups is 4. The summed E-state index contributed by atoms with van der Waals surface area (Å²) in [6.07, 6.45) is -3.92. The van der Waals surface area contributed by atoms with Gasteiger partial charge in [-0.25, -0.2) is 9.59 Å². The van der Waals surface area contributed by atoms with Gasteiger partial charge in [0.25, 0.3) is 0 Å². The van der Waals surface area contributed by atoms with Gasteiger partial charge in [-0.1, -0.05) is 6.08 Å². The lowest BCUT2D eigenvalue weighted by Gasteiger charge is -2.44. The van der Waals surface area contributed by atoms with E-state index in [1.807, 2.05) is 0 Å². The van der Waals surface area contributed by atoms with Gasteiger partial charge >= 0.3 is 11.9 Å². The number of ketones is 1. The van der Waals surface area contributed by atoms with Crippen LogP contribution in [-0.2, 0) is 33.3 Å². The number of allylic oxidation sites excluding steroid dienone is 1. The van der Waals surface area contributed by atoms with Crippen LogP contribution in [0.5, 0.6) is 5.75 Å². The highest BCUT2D eigenvalue weighted by molar-refractivity contribution is 6.25. The molecule has 4 aliphatic rings. The van der Waals surface area contributed by atoms with Gasteiger partial charge in [-0.2, -0.15) is 0 Å². The van der Waals surface area contributed by atoms with Crippen molar-refractivity contribution >= 4 is 17.7 Å². The number of carbonyl (C=O) groups excluding carboxylic acids is 3. The van der Waals surface area contributed by atoms with E-state index in [1.54, 1.807) is 6.08 Å². The molecule has 1 aromatic carbocycles. The van der Waals surface area contributed by atoms with Gasteiger partial charge in [0.15, 0.2) is 17.7 Å². The number of phenols is 1. The minimum atomic E-state index is -1.76. The summed E-state index contributed by atoms with van der Waals surface area (Å²) in [6, 6.07) is 5.28. The van der Waals surface area contributed by atoms with E-state index in [0.717, 1.165) is 6.26 Å². The molecule has 0 unspecified atom stereocenters. The number of phenolic OH excluding ortho intramolecular Hbond substituents is 1. The SMILES string of the molecule is COC(=O)C1=CO[C@@H](O[C@H]2O[C@@H](CO)[C@H](O)[C@@H](O)[C@@H]2O)[C@H]2[C@@H]1C=C[C@@]21C=C(C(=O)c2ccc(O)cc2)C(=O)O1. The number of carbonyl (C=O) groups is 3. The third kappa shape index (κ3) is 4.52. The fraction of sp³-hybridized carbons (Fsp3) is 0.423. The standard InChI is InChI=1S/C26H26O13/c1-35-22(33)15-10-36-24(38-25-21(32)20(31)19(30)16(9-27)37-25)17-13(15)6-7-26(17)8-14(23(34)39-26)18(29)11-2-4-12(28)5-3-11/h2-8,10,13,16-17,19-21,24-25,27-28,30-32H,9H2,1H3/t13-,16+,17-,19+,20-,21+,24+,25-,26-/m1/s1. The Bertz CT molecular complexity index is 1250. The normalized spacial score (nSPS) is 37.0. The molecule has 3 aliphatic heterocycles. The Kier molecular flexibility index (Phi) is 7.05. The maximum Gasteiger partial charge on any atom is 0.343 e. The number of rotatable bonds is 6. The van der Waals surface area contributed by atoms with Gasteiger partial charge in [0.1, 0.15) is 35.7 Å². The summed E-state index contributed by atoms with van der Waals surface area (Å²) in [5.74, 6) is -4.24. The second-order valence-corrected chi connectivity index (χ2v) is 9.49. The molecule has 1 fully saturated rings. The van der Waals surface area contributed by atoms with Crippen molar-refractivity contribution in [2.24, 2.45) is 11.8 Å². The minimum absolute atomic E-state index is 0.0621. The molecule has 0 bridgehead atoms. The zero-order valence-electron chi connectivity index (χ0n) is 20.4. The van der Waals surface area contributed by atoms with Crippen LogP contribution in [0.15, 0.2) is 59.9 Å². The number of fused-ring (bicyclic) bond motifs is 2. The lowest BCUT2D eigenvalue weighted by Crippen LogP contribution is -2.60. The Hall–Kier alpha value is -3.59. The van der Waals surface area contributed by atoms with E-state index < -0.39 is 78.8 Å². The first-order valence-electron chi connectivity index (χ1n) is 12.0. The molecule has 5 rings (SSSR count). The van der Waals surface area contributed by atoms with Gasteiger partial charge in [-0.15, -0.1) is 0 Å². The zero-order chi connectivity index (χ0) is 28.1. The molecule has 13 heteroatoms. The van der Waals surface area contributed by atoms with Crippen molar-refractivity contribution in [1.29, 1.82) is 0 Å². The number of benzene rings is 1. The summed E-state index contributed by atoms with van der Waals surface area (Å²) in [5, 5.41) is 49.7. The second-order valence-electron chi connectivity index (χ2n) is 9.49. The first-order valence-corrected chi connectivity index (χ1v) is 12.0. The summed E-state index contributed by atoms with van der Waals surface area (Å²) in [6.45, 7) is -0.691. The molecule has 0 radical (unpaired) electrons. The van der Waals surface area contributed by atoms with E-state index in [4.69, 9.17) is 23.7 Å². The van der Waals surface area contributed by atoms with Gasteiger partial charge < -0.3 is 49.2 Å². The predicted molar refractivity (Wildman–Crippen MR) is 125 cm³/mol. The minimum Gasteiger partial charge on any atom is -0.508 e. The first-order chi connectivity index (χ1) is 18.6. The highest BCUT2D eigenvalue weighted by Crippen LogP contribution is 2.50. The van der Waals surface area contributed by atoms with Gasteiger partial charge in [-0.3, -0.25) is 4.79 Å². The highest BCUT2D eigenvalue weighted by atomic mass is 16.8. The number of methoxy groups -OCH3 is 1. The molecule has 1 aliphatic carbocycles. The molecule has 0 amide bonds. The number of Topliss-reactive ketones (excluding diaryl/α,β-unsaturated/α-hetero) is 1. The van der Waals surface area contributed by atoms with Crippen LogP contribution in [0.1, 0.15) is 10.4 Å². The summed E-state index contributed by atoms with van der Waals surface area (Å²) in [7, 11) is 1.17. The molecule has 1 aromatic rings. The smallest absolute Gasteiger partial charge is 0.343 e. The summed E-state index contributed by atoms with van der Waals surface area (Å²) >= 11 is 0. The fourth-order valence-corrected chi connectivity index (χ4v) is 5.18. The largest absolute Gasteiger partial charge is 0.508 e. The van der Waals surface area contributed by atoms with Crippen LogP contribution < -0.4 is 0 Å². The van der Waals surface area contributed by atoms with Gasteiger partial charge in [0.05, 0.1) is 31.5 Å². The maximum atomic E-state index is 13.1. The number of aromatic hydroxyl groups is 1. The van der Waals surface area contributed by atoms with Crippen LogP contribution in [0.4, 0.5) is 0 Å². The molecule has 13 nitrogen and oxygen atoms in total. The van der Waals surface area contributed by atoms with Crippen LogP contribution in [0.3, 0.4) is 0 Å². The molecule has 208 valence electrons. The average Bonchev–Trinajstić information content (AvgIpc) is 3.48. The number of aliphatic hydroxyl groups excluding tert-OH is 4. The maximum absolute atomic E-state index is 13.1. The molecular formula is C26H26O13. The van der Waals surface area contributed by atoms with Crippen LogP contribution in [0.25, 0.3) is 0 Å². The molecule has 1 spiro atoms. The van der Waals surface area contributed by atoms with Crippen LogP contribution in [0, 0.1) is 11.8 Å². The lowest BCUT2D eigenvalue weighted by molar-refractivity contribution is -0.344. The molecule has 1 saturated heterocycles. The Morgan fingerprint density at radius 3 is 2.44 bits per heavy atom. The lowest BCUT2D eigenvalue weighted by atomic mass is 9.78. The van der Waals surface area contributed by atoms with Crippen molar-refractivity contribution in [3.8, 4) is 5.75 Å². The molecule has 5 N–H and O–H groups in total. The van der Waals surface area contributed by atoms with E-state index in [1.165, 1.54) is 43.5 Å². The third-order valence-corrected chi connectivity index (χ3v) is 7.22. The monoisotopic (exact) mass is 546 g/mol. The molecule has 39 heavy (non-hydrogen) atoms. The topological polar surface area (TPSA) is 199 Å². The van der Waals surface area contributed by atoms with Crippen LogP contribution in [0.2, 0.25) is 0 Å². The average molecular weight is 546 g/mol. The fourth-order valence-electron chi connectivity index (χ4n) is 5.18. The Balaban J connectivity index is 1.49. The highest BCUT2D eigenvalue weighted by Gasteiger charge is 2.60. The first kappa shape index (κ1) is 27.0. The number of esters is 2. The van der Waals surface area contributed by atoms with E-state index in [9.17, 15) is 39.9 Å². The van der Waals surface area contributed by atoms with Gasteiger partial charge in [0.2, 0.25) is 6.29 Å². The molecule has 0 saturated carbocycles. The third-order valence-electron chi connectivity index (χ3n) is 7.22. The zero-order valence-corrected chi connectivity index (χ0v) is 20.4.